The van der Waals surface area contributed by atoms with Crippen LogP contribution in [0.15, 0.2) is 10.9 Å². The maximum absolute atomic E-state index is 5.63. The van der Waals surface area contributed by atoms with Gasteiger partial charge in [0.2, 0.25) is 5.82 Å². The summed E-state index contributed by atoms with van der Waals surface area (Å²) < 4.78 is 7.58. The fraction of sp³-hybridized carbons (Fsp3) is 0.789. The third-order valence-electron chi connectivity index (χ3n) is 7.28. The summed E-state index contributed by atoms with van der Waals surface area (Å²) in [5, 5.41) is 12.5. The van der Waals surface area contributed by atoms with Crippen LogP contribution in [-0.4, -0.2) is 38.0 Å². The summed E-state index contributed by atoms with van der Waals surface area (Å²) in [6, 6.07) is 0.371. The van der Waals surface area contributed by atoms with E-state index in [1.54, 1.807) is 0 Å². The standard InChI is InChI=1S/C19H26N6O.ClH/c1-2-15(10-20-3-1)25-11-21-16(23-25)17-22-18(24-26-17)19-7-12-4-13(8-19)6-14(5-12)9-19;/h11-15,20H,1-10H2;1H. The quantitative estimate of drug-likeness (QED) is 0.866. The minimum atomic E-state index is 0. The third kappa shape index (κ3) is 2.90. The zero-order chi connectivity index (χ0) is 17.1. The number of halogens is 1. The predicted octanol–water partition coefficient (Wildman–Crippen LogP) is 3.14. The van der Waals surface area contributed by atoms with E-state index in [4.69, 9.17) is 9.51 Å². The Kier molecular flexibility index (Phi) is 4.27. The normalized spacial score (nSPS) is 37.3. The van der Waals surface area contributed by atoms with Gasteiger partial charge < -0.3 is 9.84 Å². The first kappa shape index (κ1) is 17.6. The highest BCUT2D eigenvalue weighted by molar-refractivity contribution is 5.85. The summed E-state index contributed by atoms with van der Waals surface area (Å²) >= 11 is 0. The monoisotopic (exact) mass is 390 g/mol. The molecule has 8 heteroatoms. The highest BCUT2D eigenvalue weighted by Gasteiger charge is 2.53. The molecule has 7 rings (SSSR count). The van der Waals surface area contributed by atoms with Gasteiger partial charge in [0.15, 0.2) is 5.82 Å². The summed E-state index contributed by atoms with van der Waals surface area (Å²) in [4.78, 5) is 9.25. The van der Waals surface area contributed by atoms with Crippen molar-refractivity contribution < 1.29 is 4.52 Å². The average molecular weight is 391 g/mol. The molecule has 5 aliphatic rings. The highest BCUT2D eigenvalue weighted by Crippen LogP contribution is 2.60. The number of nitrogens with one attached hydrogen (secondary N) is 1. The molecule has 0 amide bonds. The van der Waals surface area contributed by atoms with E-state index >= 15 is 0 Å². The van der Waals surface area contributed by atoms with Crippen LogP contribution in [-0.2, 0) is 5.41 Å². The van der Waals surface area contributed by atoms with E-state index in [-0.39, 0.29) is 17.8 Å². The second-order valence-corrected chi connectivity index (χ2v) is 9.17. The lowest BCUT2D eigenvalue weighted by molar-refractivity contribution is -0.0103. The van der Waals surface area contributed by atoms with Gasteiger partial charge in [-0.15, -0.1) is 17.5 Å². The molecule has 1 aliphatic heterocycles. The second-order valence-electron chi connectivity index (χ2n) is 9.17. The second kappa shape index (κ2) is 6.55. The number of piperidine rings is 1. The average Bonchev–Trinajstić information content (AvgIpc) is 3.31. The molecule has 27 heavy (non-hydrogen) atoms. The molecular weight excluding hydrogens is 364 g/mol. The van der Waals surface area contributed by atoms with Crippen LogP contribution in [0.1, 0.15) is 63.2 Å². The number of hydrogen-bond acceptors (Lipinski definition) is 6. The molecule has 7 nitrogen and oxygen atoms in total. The van der Waals surface area contributed by atoms with E-state index in [0.29, 0.717) is 17.8 Å². The fourth-order valence-electron chi connectivity index (χ4n) is 6.52. The first-order valence-electron chi connectivity index (χ1n) is 10.2. The molecule has 3 heterocycles. The molecule has 0 radical (unpaired) electrons. The Bertz CT molecular complexity index is 775. The Labute approximate surface area is 165 Å². The van der Waals surface area contributed by atoms with Gasteiger partial charge in [-0.05, 0) is 75.7 Å². The first-order valence-corrected chi connectivity index (χ1v) is 10.2. The van der Waals surface area contributed by atoms with Crippen LogP contribution < -0.4 is 5.32 Å². The lowest BCUT2D eigenvalue weighted by Crippen LogP contribution is -2.49. The maximum atomic E-state index is 5.63. The van der Waals surface area contributed by atoms with E-state index < -0.39 is 0 Å². The molecule has 2 aromatic rings. The molecule has 0 spiro atoms. The van der Waals surface area contributed by atoms with Crippen molar-refractivity contribution in [3.05, 3.63) is 12.2 Å². The number of aromatic nitrogens is 5. The van der Waals surface area contributed by atoms with E-state index in [0.717, 1.165) is 43.1 Å². The Balaban J connectivity index is 0.00000160. The van der Waals surface area contributed by atoms with Crippen molar-refractivity contribution in [1.29, 1.82) is 0 Å². The minimum absolute atomic E-state index is 0. The fourth-order valence-corrected chi connectivity index (χ4v) is 6.52. The summed E-state index contributed by atoms with van der Waals surface area (Å²) in [5.74, 6) is 4.60. The lowest BCUT2D eigenvalue weighted by Gasteiger charge is -2.55. The summed E-state index contributed by atoms with van der Waals surface area (Å²) in [5.41, 5.74) is 0.159. The highest BCUT2D eigenvalue weighted by atomic mass is 35.5. The van der Waals surface area contributed by atoms with Crippen molar-refractivity contribution in [2.24, 2.45) is 17.8 Å². The van der Waals surface area contributed by atoms with Crippen molar-refractivity contribution in [2.45, 2.75) is 62.8 Å². The van der Waals surface area contributed by atoms with Crippen LogP contribution in [0.2, 0.25) is 0 Å². The van der Waals surface area contributed by atoms with Crippen molar-refractivity contribution in [3.63, 3.8) is 0 Å². The SMILES string of the molecule is Cl.c1nc(-c2nc(C34CC5CC(CC(C5)C3)C4)no2)nn1C1CCCNC1. The largest absolute Gasteiger partial charge is 0.330 e. The zero-order valence-corrected chi connectivity index (χ0v) is 16.3. The van der Waals surface area contributed by atoms with Gasteiger partial charge in [-0.3, -0.25) is 0 Å². The smallest absolute Gasteiger partial charge is 0.297 e. The van der Waals surface area contributed by atoms with Crippen LogP contribution in [0, 0.1) is 17.8 Å². The van der Waals surface area contributed by atoms with Crippen LogP contribution >= 0.6 is 12.4 Å². The minimum Gasteiger partial charge on any atom is -0.330 e. The third-order valence-corrected chi connectivity index (χ3v) is 7.28. The van der Waals surface area contributed by atoms with Crippen molar-refractivity contribution >= 4 is 12.4 Å². The van der Waals surface area contributed by atoms with Crippen molar-refractivity contribution in [2.75, 3.05) is 13.1 Å². The molecule has 4 saturated carbocycles. The van der Waals surface area contributed by atoms with Gasteiger partial charge in [0, 0.05) is 12.0 Å². The Morgan fingerprint density at radius 1 is 1.11 bits per heavy atom. The predicted molar refractivity (Wildman–Crippen MR) is 102 cm³/mol. The van der Waals surface area contributed by atoms with Crippen LogP contribution in [0.5, 0.6) is 0 Å². The summed E-state index contributed by atoms with van der Waals surface area (Å²) in [6.07, 6.45) is 12.1. The van der Waals surface area contributed by atoms with Crippen molar-refractivity contribution in [1.82, 2.24) is 30.2 Å². The van der Waals surface area contributed by atoms with Crippen LogP contribution in [0.25, 0.3) is 11.7 Å². The number of hydrogen-bond donors (Lipinski definition) is 1. The van der Waals surface area contributed by atoms with Gasteiger partial charge in [-0.2, -0.15) is 4.98 Å². The maximum Gasteiger partial charge on any atom is 0.297 e. The molecule has 2 aromatic heterocycles. The Hall–Kier alpha value is -1.47. The Morgan fingerprint density at radius 3 is 2.52 bits per heavy atom. The topological polar surface area (TPSA) is 81.7 Å². The number of rotatable bonds is 3. The van der Waals surface area contributed by atoms with Crippen molar-refractivity contribution in [3.8, 4) is 11.7 Å². The van der Waals surface area contributed by atoms with E-state index in [1.807, 2.05) is 11.0 Å². The molecule has 1 atom stereocenters. The molecule has 1 N–H and O–H groups in total. The molecular formula is C19H27ClN6O. The number of nitrogens with zero attached hydrogens (tertiary/aromatic N) is 5. The molecule has 4 bridgehead atoms. The summed E-state index contributed by atoms with van der Waals surface area (Å²) in [7, 11) is 0. The van der Waals surface area contributed by atoms with Crippen LogP contribution in [0.3, 0.4) is 0 Å². The molecule has 4 aliphatic carbocycles. The van der Waals surface area contributed by atoms with Gasteiger partial charge in [0.25, 0.3) is 5.89 Å². The zero-order valence-electron chi connectivity index (χ0n) is 15.5. The first-order chi connectivity index (χ1) is 12.8. The van der Waals surface area contributed by atoms with Gasteiger partial charge in [-0.1, -0.05) is 5.16 Å². The van der Waals surface area contributed by atoms with Gasteiger partial charge in [-0.25, -0.2) is 9.67 Å². The molecule has 1 saturated heterocycles. The van der Waals surface area contributed by atoms with E-state index in [1.165, 1.54) is 44.9 Å². The molecule has 1 unspecified atom stereocenters. The molecule has 146 valence electrons. The van der Waals surface area contributed by atoms with Crippen LogP contribution in [0.4, 0.5) is 0 Å². The van der Waals surface area contributed by atoms with E-state index in [9.17, 15) is 0 Å². The van der Waals surface area contributed by atoms with Gasteiger partial charge in [0.1, 0.15) is 6.33 Å². The Morgan fingerprint density at radius 2 is 1.85 bits per heavy atom. The molecule has 0 aromatic carbocycles. The molecule has 5 fully saturated rings. The van der Waals surface area contributed by atoms with Gasteiger partial charge >= 0.3 is 0 Å². The van der Waals surface area contributed by atoms with E-state index in [2.05, 4.69) is 20.6 Å². The lowest BCUT2D eigenvalue weighted by atomic mass is 9.49. The van der Waals surface area contributed by atoms with Gasteiger partial charge in [0.05, 0.1) is 6.04 Å². The summed E-state index contributed by atoms with van der Waals surface area (Å²) in [6.45, 7) is 2.04.